The first-order valence-electron chi connectivity index (χ1n) is 5.52. The molecule has 2 heterocycles. The Kier molecular flexibility index (Phi) is 2.75. The van der Waals surface area contributed by atoms with Gasteiger partial charge in [0.05, 0.1) is 12.2 Å². The highest BCUT2D eigenvalue weighted by atomic mass is 32.1. The summed E-state index contributed by atoms with van der Waals surface area (Å²) in [6, 6.07) is 8.09. The van der Waals surface area contributed by atoms with Crippen LogP contribution < -0.4 is 17.0 Å². The minimum atomic E-state index is -0.161. The van der Waals surface area contributed by atoms with Crippen molar-refractivity contribution in [2.45, 2.75) is 6.04 Å². The molecule has 2 aromatic heterocycles. The van der Waals surface area contributed by atoms with Crippen LogP contribution in [0.4, 0.5) is 5.82 Å². The van der Waals surface area contributed by atoms with Gasteiger partial charge in [0, 0.05) is 10.3 Å². The Morgan fingerprint density at radius 3 is 2.89 bits per heavy atom. The molecule has 0 saturated heterocycles. The number of anilines is 1. The lowest BCUT2D eigenvalue weighted by Gasteiger charge is -2.16. The first kappa shape index (κ1) is 11.2. The maximum Gasteiger partial charge on any atom is 0.124 e. The van der Waals surface area contributed by atoms with Gasteiger partial charge in [-0.05, 0) is 22.4 Å². The number of nitrogens with one attached hydrogen (secondary N) is 2. The fourth-order valence-electron chi connectivity index (χ4n) is 2.13. The van der Waals surface area contributed by atoms with E-state index in [4.69, 9.17) is 11.6 Å². The molecule has 92 valence electrons. The molecule has 0 fully saturated rings. The standard InChI is InChI=1S/C12H13N5S/c13-12-9(6-15-17-12)10(16-14)8-3-1-2-7-4-5-18-11(7)8/h1-6,10,16H,14H2,(H3,13,15,17). The van der Waals surface area contributed by atoms with E-state index in [1.165, 1.54) is 10.1 Å². The number of hydrogen-bond donors (Lipinski definition) is 4. The van der Waals surface area contributed by atoms with Crippen LogP contribution in [0.2, 0.25) is 0 Å². The van der Waals surface area contributed by atoms with Crippen molar-refractivity contribution in [1.82, 2.24) is 15.6 Å². The van der Waals surface area contributed by atoms with E-state index in [1.807, 2.05) is 6.07 Å². The molecule has 0 saturated carbocycles. The zero-order valence-corrected chi connectivity index (χ0v) is 10.4. The van der Waals surface area contributed by atoms with E-state index >= 15 is 0 Å². The Balaban J connectivity index is 2.17. The molecule has 0 spiro atoms. The lowest BCUT2D eigenvalue weighted by molar-refractivity contribution is 0.643. The molecule has 3 rings (SSSR count). The molecule has 1 unspecified atom stereocenters. The molecular formula is C12H13N5S. The molecule has 0 aliphatic rings. The average Bonchev–Trinajstić information content (AvgIpc) is 3.00. The number of hydrazine groups is 1. The van der Waals surface area contributed by atoms with Crippen LogP contribution in [0.15, 0.2) is 35.8 Å². The van der Waals surface area contributed by atoms with Crippen LogP contribution >= 0.6 is 11.3 Å². The fourth-order valence-corrected chi connectivity index (χ4v) is 3.07. The fraction of sp³-hybridized carbons (Fsp3) is 0.0833. The molecular weight excluding hydrogens is 246 g/mol. The van der Waals surface area contributed by atoms with Gasteiger partial charge in [0.25, 0.3) is 0 Å². The summed E-state index contributed by atoms with van der Waals surface area (Å²) in [7, 11) is 0. The third-order valence-electron chi connectivity index (χ3n) is 3.00. The Labute approximate surface area is 108 Å². The smallest absolute Gasteiger partial charge is 0.124 e. The first-order chi connectivity index (χ1) is 8.81. The molecule has 1 atom stereocenters. The van der Waals surface area contributed by atoms with Crippen molar-refractivity contribution in [1.29, 1.82) is 0 Å². The zero-order valence-electron chi connectivity index (χ0n) is 9.55. The van der Waals surface area contributed by atoms with Gasteiger partial charge < -0.3 is 5.73 Å². The second kappa shape index (κ2) is 4.41. The average molecular weight is 259 g/mol. The van der Waals surface area contributed by atoms with Gasteiger partial charge >= 0.3 is 0 Å². The Bertz CT molecular complexity index is 672. The van der Waals surface area contributed by atoms with Crippen LogP contribution in [-0.4, -0.2) is 10.2 Å². The van der Waals surface area contributed by atoms with Gasteiger partial charge in [0.1, 0.15) is 5.82 Å². The normalized spacial score (nSPS) is 12.9. The van der Waals surface area contributed by atoms with Gasteiger partial charge in [-0.3, -0.25) is 10.9 Å². The van der Waals surface area contributed by atoms with Crippen molar-refractivity contribution in [3.8, 4) is 0 Å². The predicted octanol–water partition coefficient (Wildman–Crippen LogP) is 1.76. The third kappa shape index (κ3) is 1.67. The number of fused-ring (bicyclic) bond motifs is 1. The maximum absolute atomic E-state index is 5.86. The number of thiophene rings is 1. The van der Waals surface area contributed by atoms with Gasteiger partial charge in [-0.25, -0.2) is 5.43 Å². The van der Waals surface area contributed by atoms with Crippen LogP contribution in [0.1, 0.15) is 17.2 Å². The van der Waals surface area contributed by atoms with Crippen molar-refractivity contribution >= 4 is 27.2 Å². The Hall–Kier alpha value is -1.89. The number of aromatic amines is 1. The summed E-state index contributed by atoms with van der Waals surface area (Å²) in [5.41, 5.74) is 10.6. The van der Waals surface area contributed by atoms with Crippen molar-refractivity contribution in [3.05, 3.63) is 47.0 Å². The van der Waals surface area contributed by atoms with Crippen LogP contribution in [-0.2, 0) is 0 Å². The summed E-state index contributed by atoms with van der Waals surface area (Å²) in [6.07, 6.45) is 1.70. The Morgan fingerprint density at radius 2 is 2.17 bits per heavy atom. The minimum Gasteiger partial charge on any atom is -0.384 e. The summed E-state index contributed by atoms with van der Waals surface area (Å²) in [4.78, 5) is 0. The lowest BCUT2D eigenvalue weighted by atomic mass is 10.0. The summed E-state index contributed by atoms with van der Waals surface area (Å²) in [5.74, 6) is 6.22. The van der Waals surface area contributed by atoms with Gasteiger partial charge in [0.2, 0.25) is 0 Å². The molecule has 0 aliphatic heterocycles. The molecule has 6 N–H and O–H groups in total. The number of nitrogens with two attached hydrogens (primary N) is 2. The quantitative estimate of drug-likeness (QED) is 0.426. The maximum atomic E-state index is 5.86. The van der Waals surface area contributed by atoms with Crippen LogP contribution in [0, 0.1) is 0 Å². The van der Waals surface area contributed by atoms with Crippen molar-refractivity contribution in [2.75, 3.05) is 5.73 Å². The lowest BCUT2D eigenvalue weighted by Crippen LogP contribution is -2.29. The molecule has 0 amide bonds. The summed E-state index contributed by atoms with van der Waals surface area (Å²) >= 11 is 1.69. The van der Waals surface area contributed by atoms with E-state index in [2.05, 4.69) is 39.2 Å². The van der Waals surface area contributed by atoms with E-state index < -0.39 is 0 Å². The molecule has 0 radical (unpaired) electrons. The van der Waals surface area contributed by atoms with Crippen molar-refractivity contribution in [3.63, 3.8) is 0 Å². The molecule has 18 heavy (non-hydrogen) atoms. The predicted molar refractivity (Wildman–Crippen MR) is 74.0 cm³/mol. The third-order valence-corrected chi connectivity index (χ3v) is 3.98. The van der Waals surface area contributed by atoms with Gasteiger partial charge in [-0.15, -0.1) is 11.3 Å². The molecule has 0 bridgehead atoms. The van der Waals surface area contributed by atoms with Gasteiger partial charge in [-0.2, -0.15) is 5.10 Å². The number of hydrogen-bond acceptors (Lipinski definition) is 5. The number of nitrogens with zero attached hydrogens (tertiary/aromatic N) is 1. The summed E-state index contributed by atoms with van der Waals surface area (Å²) < 4.78 is 1.21. The van der Waals surface area contributed by atoms with E-state index in [1.54, 1.807) is 17.5 Å². The van der Waals surface area contributed by atoms with E-state index in [0.717, 1.165) is 11.1 Å². The second-order valence-corrected chi connectivity index (χ2v) is 4.94. The topological polar surface area (TPSA) is 92.7 Å². The number of aromatic nitrogens is 2. The highest BCUT2D eigenvalue weighted by Crippen LogP contribution is 2.33. The molecule has 1 aromatic carbocycles. The SMILES string of the molecule is NNC(c1cn[nH]c1N)c1cccc2ccsc12. The number of H-pyrrole nitrogens is 1. The van der Waals surface area contributed by atoms with Crippen LogP contribution in [0.25, 0.3) is 10.1 Å². The van der Waals surface area contributed by atoms with E-state index in [-0.39, 0.29) is 6.04 Å². The second-order valence-electron chi connectivity index (χ2n) is 4.02. The summed E-state index contributed by atoms with van der Waals surface area (Å²) in [6.45, 7) is 0. The van der Waals surface area contributed by atoms with E-state index in [0.29, 0.717) is 5.82 Å². The zero-order chi connectivity index (χ0) is 12.5. The monoisotopic (exact) mass is 259 g/mol. The molecule has 6 heteroatoms. The molecule has 5 nitrogen and oxygen atoms in total. The largest absolute Gasteiger partial charge is 0.384 e. The number of nitrogen functional groups attached to an aromatic ring is 1. The van der Waals surface area contributed by atoms with E-state index in [9.17, 15) is 0 Å². The highest BCUT2D eigenvalue weighted by molar-refractivity contribution is 7.17. The van der Waals surface area contributed by atoms with Gasteiger partial charge in [0.15, 0.2) is 0 Å². The number of benzene rings is 1. The van der Waals surface area contributed by atoms with Crippen molar-refractivity contribution in [2.24, 2.45) is 5.84 Å². The van der Waals surface area contributed by atoms with Crippen LogP contribution in [0.5, 0.6) is 0 Å². The highest BCUT2D eigenvalue weighted by Gasteiger charge is 2.19. The summed E-state index contributed by atoms with van der Waals surface area (Å²) in [5, 5.41) is 9.95. The first-order valence-corrected chi connectivity index (χ1v) is 6.40. The minimum absolute atomic E-state index is 0.161. The molecule has 0 aliphatic carbocycles. The van der Waals surface area contributed by atoms with Gasteiger partial charge in [-0.1, -0.05) is 18.2 Å². The number of rotatable bonds is 3. The Morgan fingerprint density at radius 1 is 1.28 bits per heavy atom. The molecule has 3 aromatic rings. The van der Waals surface area contributed by atoms with Crippen LogP contribution in [0.3, 0.4) is 0 Å². The van der Waals surface area contributed by atoms with Crippen molar-refractivity contribution < 1.29 is 0 Å².